The van der Waals surface area contributed by atoms with Gasteiger partial charge in [-0.2, -0.15) is 18.3 Å². The van der Waals surface area contributed by atoms with Crippen molar-refractivity contribution < 1.29 is 17.9 Å². The summed E-state index contributed by atoms with van der Waals surface area (Å²) in [6.07, 6.45) is -1.75. The lowest BCUT2D eigenvalue weighted by atomic mass is 10.3. The molecule has 0 spiro atoms. The number of hydrogen-bond donors (Lipinski definition) is 1. The van der Waals surface area contributed by atoms with Crippen molar-refractivity contribution in [1.82, 2.24) is 29.4 Å². The van der Waals surface area contributed by atoms with Crippen LogP contribution < -0.4 is 5.32 Å². The molecule has 0 saturated heterocycles. The molecular formula is C13H12F3N7O. The van der Waals surface area contributed by atoms with Gasteiger partial charge in [-0.25, -0.2) is 9.50 Å². The van der Waals surface area contributed by atoms with Gasteiger partial charge in [-0.15, -0.1) is 10.2 Å². The van der Waals surface area contributed by atoms with Crippen LogP contribution in [0, 0.1) is 0 Å². The van der Waals surface area contributed by atoms with Crippen molar-refractivity contribution in [2.24, 2.45) is 0 Å². The van der Waals surface area contributed by atoms with Crippen LogP contribution in [0.4, 0.5) is 19.0 Å². The number of alkyl halides is 3. The van der Waals surface area contributed by atoms with E-state index in [9.17, 15) is 13.2 Å². The monoisotopic (exact) mass is 339 g/mol. The Labute approximate surface area is 133 Å². The van der Waals surface area contributed by atoms with Crippen LogP contribution in [0.15, 0.2) is 18.5 Å². The van der Waals surface area contributed by atoms with E-state index in [2.05, 4.69) is 25.6 Å². The molecule has 0 fully saturated rings. The minimum Gasteiger partial charge on any atom is -0.372 e. The molecule has 0 saturated carbocycles. The maximum Gasteiger partial charge on any atom is 0.435 e. The Morgan fingerprint density at radius 2 is 2.17 bits per heavy atom. The Hall–Kier alpha value is -2.69. The molecule has 4 heterocycles. The van der Waals surface area contributed by atoms with E-state index in [1.54, 1.807) is 0 Å². The minimum absolute atomic E-state index is 0.242. The zero-order valence-electron chi connectivity index (χ0n) is 12.3. The zero-order chi connectivity index (χ0) is 16.7. The van der Waals surface area contributed by atoms with Gasteiger partial charge in [0.25, 0.3) is 0 Å². The molecule has 0 unspecified atom stereocenters. The SMILES string of the molecule is FC(F)(F)c1cc2c(NCc3nnc4n3CCOC4)nccn2n1. The number of anilines is 1. The fourth-order valence-corrected chi connectivity index (χ4v) is 2.55. The number of ether oxygens (including phenoxy) is 1. The second-order valence-corrected chi connectivity index (χ2v) is 5.22. The molecule has 0 aromatic carbocycles. The van der Waals surface area contributed by atoms with E-state index in [1.165, 1.54) is 12.4 Å². The quantitative estimate of drug-likeness (QED) is 0.778. The van der Waals surface area contributed by atoms with Crippen LogP contribution in [0.5, 0.6) is 0 Å². The largest absolute Gasteiger partial charge is 0.435 e. The third-order valence-corrected chi connectivity index (χ3v) is 3.69. The maximum atomic E-state index is 12.8. The molecule has 1 aliphatic rings. The fraction of sp³-hybridized carbons (Fsp3) is 0.385. The van der Waals surface area contributed by atoms with Crippen LogP contribution >= 0.6 is 0 Å². The summed E-state index contributed by atoms with van der Waals surface area (Å²) >= 11 is 0. The first kappa shape index (κ1) is 14.9. The van der Waals surface area contributed by atoms with Gasteiger partial charge in [0.1, 0.15) is 12.1 Å². The molecule has 0 radical (unpaired) electrons. The van der Waals surface area contributed by atoms with Crippen LogP contribution in [0.25, 0.3) is 5.52 Å². The summed E-state index contributed by atoms with van der Waals surface area (Å²) in [5, 5.41) is 14.6. The smallest absolute Gasteiger partial charge is 0.372 e. The summed E-state index contributed by atoms with van der Waals surface area (Å²) < 4.78 is 46.8. The first-order chi connectivity index (χ1) is 11.5. The lowest BCUT2D eigenvalue weighted by molar-refractivity contribution is -0.141. The van der Waals surface area contributed by atoms with E-state index < -0.39 is 11.9 Å². The molecule has 11 heteroatoms. The number of halogens is 3. The number of hydrogen-bond acceptors (Lipinski definition) is 6. The Morgan fingerprint density at radius 3 is 3.00 bits per heavy atom. The lowest BCUT2D eigenvalue weighted by Gasteiger charge is -2.15. The predicted octanol–water partition coefficient (Wildman–Crippen LogP) is 1.48. The highest BCUT2D eigenvalue weighted by molar-refractivity contribution is 5.67. The number of nitrogens with zero attached hydrogens (tertiary/aromatic N) is 6. The highest BCUT2D eigenvalue weighted by Crippen LogP contribution is 2.30. The highest BCUT2D eigenvalue weighted by Gasteiger charge is 2.34. The summed E-state index contributed by atoms with van der Waals surface area (Å²) in [5.41, 5.74) is -0.720. The first-order valence-electron chi connectivity index (χ1n) is 7.16. The van der Waals surface area contributed by atoms with Crippen LogP contribution in [-0.4, -0.2) is 36.0 Å². The molecule has 0 bridgehead atoms. The molecular weight excluding hydrogens is 327 g/mol. The molecule has 24 heavy (non-hydrogen) atoms. The van der Waals surface area contributed by atoms with Gasteiger partial charge in [0.15, 0.2) is 23.2 Å². The average Bonchev–Trinajstić information content (AvgIpc) is 3.17. The number of rotatable bonds is 3. The maximum absolute atomic E-state index is 12.8. The average molecular weight is 339 g/mol. The Balaban J connectivity index is 1.61. The van der Waals surface area contributed by atoms with E-state index in [0.29, 0.717) is 31.4 Å². The molecule has 1 aliphatic heterocycles. The first-order valence-corrected chi connectivity index (χ1v) is 7.16. The van der Waals surface area contributed by atoms with Crippen molar-refractivity contribution in [2.75, 3.05) is 11.9 Å². The normalized spacial score (nSPS) is 14.8. The van der Waals surface area contributed by atoms with Gasteiger partial charge in [-0.05, 0) is 0 Å². The van der Waals surface area contributed by atoms with Crippen molar-refractivity contribution in [3.8, 4) is 0 Å². The molecule has 3 aromatic rings. The van der Waals surface area contributed by atoms with Gasteiger partial charge in [0.2, 0.25) is 0 Å². The van der Waals surface area contributed by atoms with E-state index in [-0.39, 0.29) is 12.1 Å². The summed E-state index contributed by atoms with van der Waals surface area (Å²) in [5.74, 6) is 1.70. The number of aromatic nitrogens is 6. The second-order valence-electron chi connectivity index (χ2n) is 5.22. The molecule has 3 aromatic heterocycles. The molecule has 0 amide bonds. The van der Waals surface area contributed by atoms with E-state index >= 15 is 0 Å². The summed E-state index contributed by atoms with van der Waals surface area (Å²) in [6, 6.07) is 0.961. The van der Waals surface area contributed by atoms with Gasteiger partial charge in [0.05, 0.1) is 13.2 Å². The van der Waals surface area contributed by atoms with Crippen molar-refractivity contribution >= 4 is 11.3 Å². The van der Waals surface area contributed by atoms with Gasteiger partial charge < -0.3 is 14.6 Å². The Bertz CT molecular complexity index is 885. The molecule has 126 valence electrons. The van der Waals surface area contributed by atoms with Crippen LogP contribution in [0.3, 0.4) is 0 Å². The standard InChI is InChI=1S/C13H12F3N7O/c14-13(15,16)9-5-8-12(17-1-2-23(8)21-9)18-6-10-19-20-11-7-24-4-3-22(10)11/h1-2,5H,3-4,6-7H2,(H,17,18). The van der Waals surface area contributed by atoms with Crippen molar-refractivity contribution in [2.45, 2.75) is 25.9 Å². The van der Waals surface area contributed by atoms with E-state index in [0.717, 1.165) is 16.4 Å². The Morgan fingerprint density at radius 1 is 1.29 bits per heavy atom. The summed E-state index contributed by atoms with van der Waals surface area (Å²) in [4.78, 5) is 4.09. The Kier molecular flexibility index (Phi) is 3.37. The fourth-order valence-electron chi connectivity index (χ4n) is 2.55. The van der Waals surface area contributed by atoms with Crippen LogP contribution in [0.1, 0.15) is 17.3 Å². The minimum atomic E-state index is -4.50. The summed E-state index contributed by atoms with van der Waals surface area (Å²) in [6.45, 7) is 1.90. The van der Waals surface area contributed by atoms with Crippen molar-refractivity contribution in [3.63, 3.8) is 0 Å². The van der Waals surface area contributed by atoms with E-state index in [4.69, 9.17) is 4.74 Å². The third kappa shape index (κ3) is 2.56. The van der Waals surface area contributed by atoms with Crippen molar-refractivity contribution in [1.29, 1.82) is 0 Å². The zero-order valence-corrected chi connectivity index (χ0v) is 12.3. The molecule has 8 nitrogen and oxygen atoms in total. The molecule has 4 rings (SSSR count). The van der Waals surface area contributed by atoms with Crippen LogP contribution in [0.2, 0.25) is 0 Å². The number of fused-ring (bicyclic) bond motifs is 2. The lowest BCUT2D eigenvalue weighted by Crippen LogP contribution is -2.20. The van der Waals surface area contributed by atoms with Gasteiger partial charge in [-0.1, -0.05) is 0 Å². The summed E-state index contributed by atoms with van der Waals surface area (Å²) in [7, 11) is 0. The highest BCUT2D eigenvalue weighted by atomic mass is 19.4. The van der Waals surface area contributed by atoms with Crippen molar-refractivity contribution in [3.05, 3.63) is 35.8 Å². The van der Waals surface area contributed by atoms with E-state index in [1.807, 2.05) is 4.57 Å². The topological polar surface area (TPSA) is 82.2 Å². The van der Waals surface area contributed by atoms with Gasteiger partial charge in [-0.3, -0.25) is 0 Å². The predicted molar refractivity (Wildman–Crippen MR) is 75.0 cm³/mol. The van der Waals surface area contributed by atoms with Gasteiger partial charge >= 0.3 is 6.18 Å². The number of nitrogens with one attached hydrogen (secondary N) is 1. The second kappa shape index (κ2) is 5.44. The molecule has 1 N–H and O–H groups in total. The third-order valence-electron chi connectivity index (χ3n) is 3.69. The van der Waals surface area contributed by atoms with Gasteiger partial charge in [0, 0.05) is 25.0 Å². The molecule has 0 aliphatic carbocycles. The molecule has 0 atom stereocenters. The van der Waals surface area contributed by atoms with Crippen LogP contribution in [-0.2, 0) is 30.6 Å².